The SMILES string of the molecule is Cc1cc(C=O)cc2c1NC(=O)C21CC1. The van der Waals surface area contributed by atoms with E-state index in [0.29, 0.717) is 5.56 Å². The molecular weight excluding hydrogens is 190 g/mol. The molecule has 3 heteroatoms. The summed E-state index contributed by atoms with van der Waals surface area (Å²) in [6.07, 6.45) is 2.66. The van der Waals surface area contributed by atoms with Crippen molar-refractivity contribution in [3.63, 3.8) is 0 Å². The molecule has 1 aromatic carbocycles. The molecule has 0 unspecified atom stereocenters. The Bertz CT molecular complexity index is 487. The third kappa shape index (κ3) is 0.950. The summed E-state index contributed by atoms with van der Waals surface area (Å²) in [7, 11) is 0. The maximum atomic E-state index is 11.8. The monoisotopic (exact) mass is 201 g/mol. The summed E-state index contributed by atoms with van der Waals surface area (Å²) in [4.78, 5) is 22.5. The predicted octanol–water partition coefficient (Wildman–Crippen LogP) is 1.79. The minimum Gasteiger partial charge on any atom is -0.325 e. The molecule has 3 rings (SSSR count). The highest BCUT2D eigenvalue weighted by Crippen LogP contribution is 2.55. The second-order valence-electron chi connectivity index (χ2n) is 4.41. The highest BCUT2D eigenvalue weighted by molar-refractivity contribution is 6.09. The lowest BCUT2D eigenvalue weighted by Crippen LogP contribution is -2.18. The summed E-state index contributed by atoms with van der Waals surface area (Å²) >= 11 is 0. The molecular formula is C12H11NO2. The van der Waals surface area contributed by atoms with Crippen LogP contribution in [-0.4, -0.2) is 12.2 Å². The lowest BCUT2D eigenvalue weighted by atomic mass is 9.94. The first-order valence-electron chi connectivity index (χ1n) is 5.09. The Kier molecular flexibility index (Phi) is 1.43. The lowest BCUT2D eigenvalue weighted by molar-refractivity contribution is -0.117. The number of amides is 1. The van der Waals surface area contributed by atoms with Crippen LogP contribution >= 0.6 is 0 Å². The van der Waals surface area contributed by atoms with Crippen molar-refractivity contribution in [2.24, 2.45) is 0 Å². The Balaban J connectivity index is 2.26. The number of aryl methyl sites for hydroxylation is 1. The molecule has 0 aromatic heterocycles. The van der Waals surface area contributed by atoms with Gasteiger partial charge >= 0.3 is 0 Å². The molecule has 0 bridgehead atoms. The molecule has 1 saturated carbocycles. The van der Waals surface area contributed by atoms with E-state index < -0.39 is 0 Å². The van der Waals surface area contributed by atoms with Gasteiger partial charge < -0.3 is 5.32 Å². The molecule has 1 aliphatic carbocycles. The zero-order chi connectivity index (χ0) is 10.6. The minimum atomic E-state index is -0.293. The average molecular weight is 201 g/mol. The number of hydrogen-bond acceptors (Lipinski definition) is 2. The van der Waals surface area contributed by atoms with Crippen molar-refractivity contribution in [2.45, 2.75) is 25.2 Å². The van der Waals surface area contributed by atoms with Gasteiger partial charge in [0.2, 0.25) is 5.91 Å². The summed E-state index contributed by atoms with van der Waals surface area (Å²) < 4.78 is 0. The Labute approximate surface area is 87.5 Å². The highest BCUT2D eigenvalue weighted by Gasteiger charge is 2.56. The van der Waals surface area contributed by atoms with E-state index in [9.17, 15) is 9.59 Å². The Morgan fingerprint density at radius 2 is 2.13 bits per heavy atom. The molecule has 1 aromatic rings. The van der Waals surface area contributed by atoms with E-state index in [4.69, 9.17) is 0 Å². The third-order valence-corrected chi connectivity index (χ3v) is 3.43. The van der Waals surface area contributed by atoms with E-state index in [0.717, 1.165) is 35.9 Å². The molecule has 1 spiro atoms. The summed E-state index contributed by atoms with van der Waals surface area (Å²) in [6.45, 7) is 1.92. The van der Waals surface area contributed by atoms with Crippen LogP contribution in [-0.2, 0) is 10.2 Å². The molecule has 1 N–H and O–H groups in total. The van der Waals surface area contributed by atoms with Gasteiger partial charge in [-0.3, -0.25) is 9.59 Å². The number of nitrogens with one attached hydrogen (secondary N) is 1. The molecule has 1 aliphatic heterocycles. The molecule has 1 fully saturated rings. The van der Waals surface area contributed by atoms with Crippen molar-refractivity contribution in [2.75, 3.05) is 5.32 Å². The van der Waals surface area contributed by atoms with Crippen LogP contribution in [0.25, 0.3) is 0 Å². The van der Waals surface area contributed by atoms with Crippen LogP contribution in [0.15, 0.2) is 12.1 Å². The lowest BCUT2D eigenvalue weighted by Gasteiger charge is -2.06. The third-order valence-electron chi connectivity index (χ3n) is 3.43. The van der Waals surface area contributed by atoms with Gasteiger partial charge in [0.25, 0.3) is 0 Å². The van der Waals surface area contributed by atoms with Crippen molar-refractivity contribution in [3.05, 3.63) is 28.8 Å². The van der Waals surface area contributed by atoms with Gasteiger partial charge in [-0.2, -0.15) is 0 Å². The normalized spacial score (nSPS) is 19.9. The van der Waals surface area contributed by atoms with Crippen molar-refractivity contribution in [1.29, 1.82) is 0 Å². The number of anilines is 1. The zero-order valence-corrected chi connectivity index (χ0v) is 8.46. The molecule has 2 aliphatic rings. The van der Waals surface area contributed by atoms with Crippen molar-refractivity contribution >= 4 is 17.9 Å². The Hall–Kier alpha value is -1.64. The molecule has 1 amide bonds. The number of carbonyl (C=O) groups is 2. The second kappa shape index (κ2) is 2.48. The smallest absolute Gasteiger partial charge is 0.235 e. The van der Waals surface area contributed by atoms with Gasteiger partial charge in [-0.1, -0.05) is 0 Å². The first-order chi connectivity index (χ1) is 7.17. The van der Waals surface area contributed by atoms with Gasteiger partial charge in [-0.05, 0) is 43.0 Å². The number of fused-ring (bicyclic) bond motifs is 2. The summed E-state index contributed by atoms with van der Waals surface area (Å²) in [5.74, 6) is 0.101. The van der Waals surface area contributed by atoms with E-state index in [1.54, 1.807) is 0 Å². The van der Waals surface area contributed by atoms with Crippen LogP contribution in [0.1, 0.15) is 34.3 Å². The van der Waals surface area contributed by atoms with Gasteiger partial charge in [0.1, 0.15) is 6.29 Å². The molecule has 0 saturated heterocycles. The van der Waals surface area contributed by atoms with Crippen LogP contribution < -0.4 is 5.32 Å². The fourth-order valence-electron chi connectivity index (χ4n) is 2.40. The summed E-state index contributed by atoms with van der Waals surface area (Å²) in [6, 6.07) is 3.66. The molecule has 1 heterocycles. The molecule has 76 valence electrons. The summed E-state index contributed by atoms with van der Waals surface area (Å²) in [5.41, 5.74) is 3.29. The van der Waals surface area contributed by atoms with E-state index in [2.05, 4.69) is 5.32 Å². The Morgan fingerprint density at radius 1 is 1.40 bits per heavy atom. The minimum absolute atomic E-state index is 0.101. The van der Waals surface area contributed by atoms with Gasteiger partial charge in [0.15, 0.2) is 0 Å². The van der Waals surface area contributed by atoms with Gasteiger partial charge in [-0.25, -0.2) is 0 Å². The summed E-state index contributed by atoms with van der Waals surface area (Å²) in [5, 5.41) is 2.91. The largest absolute Gasteiger partial charge is 0.325 e. The van der Waals surface area contributed by atoms with Gasteiger partial charge in [-0.15, -0.1) is 0 Å². The molecule has 0 atom stereocenters. The van der Waals surface area contributed by atoms with E-state index >= 15 is 0 Å². The number of aldehydes is 1. The van der Waals surface area contributed by atoms with Crippen molar-refractivity contribution < 1.29 is 9.59 Å². The second-order valence-corrected chi connectivity index (χ2v) is 4.41. The van der Waals surface area contributed by atoms with Crippen molar-refractivity contribution in [3.8, 4) is 0 Å². The first-order valence-corrected chi connectivity index (χ1v) is 5.09. The zero-order valence-electron chi connectivity index (χ0n) is 8.46. The van der Waals surface area contributed by atoms with E-state index in [1.807, 2.05) is 19.1 Å². The van der Waals surface area contributed by atoms with Crippen molar-refractivity contribution in [1.82, 2.24) is 0 Å². The first kappa shape index (κ1) is 8.65. The fourth-order valence-corrected chi connectivity index (χ4v) is 2.40. The average Bonchev–Trinajstić information content (AvgIpc) is 2.96. The number of carbonyl (C=O) groups excluding carboxylic acids is 2. The van der Waals surface area contributed by atoms with Crippen LogP contribution in [0.5, 0.6) is 0 Å². The van der Waals surface area contributed by atoms with Crippen LogP contribution in [0.3, 0.4) is 0 Å². The van der Waals surface area contributed by atoms with E-state index in [1.165, 1.54) is 0 Å². The molecule has 15 heavy (non-hydrogen) atoms. The quantitative estimate of drug-likeness (QED) is 0.704. The van der Waals surface area contributed by atoms with Crippen LogP contribution in [0, 0.1) is 6.92 Å². The maximum Gasteiger partial charge on any atom is 0.235 e. The van der Waals surface area contributed by atoms with Gasteiger partial charge in [0, 0.05) is 11.3 Å². The van der Waals surface area contributed by atoms with Crippen LogP contribution in [0.4, 0.5) is 5.69 Å². The van der Waals surface area contributed by atoms with E-state index in [-0.39, 0.29) is 11.3 Å². The van der Waals surface area contributed by atoms with Gasteiger partial charge in [0.05, 0.1) is 5.41 Å². The predicted molar refractivity (Wildman–Crippen MR) is 56.1 cm³/mol. The standard InChI is InChI=1S/C12H11NO2/c1-7-4-8(6-14)5-9-10(7)13-11(15)12(9)2-3-12/h4-6H,2-3H2,1H3,(H,13,15). The Morgan fingerprint density at radius 3 is 2.73 bits per heavy atom. The number of hydrogen-bond donors (Lipinski definition) is 1. The number of rotatable bonds is 1. The maximum absolute atomic E-state index is 11.8. The highest BCUT2D eigenvalue weighted by atomic mass is 16.2. The molecule has 0 radical (unpaired) electrons. The topological polar surface area (TPSA) is 46.2 Å². The van der Waals surface area contributed by atoms with Crippen LogP contribution in [0.2, 0.25) is 0 Å². The fraction of sp³-hybridized carbons (Fsp3) is 0.333. The number of benzene rings is 1. The molecule has 3 nitrogen and oxygen atoms in total.